The van der Waals surface area contributed by atoms with Crippen LogP contribution >= 0.6 is 0 Å². The maximum absolute atomic E-state index is 14.1. The van der Waals surface area contributed by atoms with Crippen molar-refractivity contribution in [3.05, 3.63) is 47.0 Å². The zero-order chi connectivity index (χ0) is 21.5. The highest BCUT2D eigenvalue weighted by atomic mass is 19.4. The molecule has 0 heterocycles. The van der Waals surface area contributed by atoms with E-state index >= 15 is 0 Å². The minimum absolute atomic E-state index is 0.0436. The van der Waals surface area contributed by atoms with Crippen LogP contribution in [-0.2, 0) is 6.18 Å². The van der Waals surface area contributed by atoms with Crippen LogP contribution in [0.25, 0.3) is 0 Å². The van der Waals surface area contributed by atoms with Gasteiger partial charge in [-0.1, -0.05) is 19.1 Å². The minimum Gasteiger partial charge on any atom is -0.206 e. The monoisotopic (exact) mass is 426 g/mol. The molecule has 3 aliphatic carbocycles. The molecule has 6 unspecified atom stereocenters. The second-order valence-electron chi connectivity index (χ2n) is 9.70. The molecule has 0 spiro atoms. The van der Waals surface area contributed by atoms with Crippen LogP contribution in [0.5, 0.6) is 0 Å². The van der Waals surface area contributed by atoms with Crippen molar-refractivity contribution >= 4 is 0 Å². The summed E-state index contributed by atoms with van der Waals surface area (Å²) in [6.45, 7) is 2.17. The van der Waals surface area contributed by atoms with Gasteiger partial charge in [-0.25, -0.2) is 8.78 Å². The topological polar surface area (TPSA) is 0 Å². The zero-order valence-electron chi connectivity index (χ0n) is 17.5. The van der Waals surface area contributed by atoms with Crippen LogP contribution in [0.15, 0.2) is 24.3 Å². The fraction of sp³-hybridized carbons (Fsp3) is 0.680. The Labute approximate surface area is 175 Å². The maximum atomic E-state index is 14.1. The first kappa shape index (κ1) is 21.8. The van der Waals surface area contributed by atoms with Crippen molar-refractivity contribution in [1.82, 2.24) is 0 Å². The van der Waals surface area contributed by atoms with Crippen molar-refractivity contribution in [2.45, 2.75) is 76.8 Å². The Kier molecular flexibility index (Phi) is 6.28. The molecular formula is C25H31F5. The second-order valence-corrected chi connectivity index (χ2v) is 9.70. The Morgan fingerprint density at radius 3 is 2.07 bits per heavy atom. The first-order valence-electron chi connectivity index (χ1n) is 11.5. The molecule has 0 saturated heterocycles. The molecule has 0 amide bonds. The molecule has 0 radical (unpaired) electrons. The SMILES string of the molecule is CC/C=C/C1CCC2C(CCC3CC(c4cc(F)c(C(F)(F)F)c(F)c4)CCC32)C1. The van der Waals surface area contributed by atoms with Gasteiger partial charge in [0, 0.05) is 0 Å². The van der Waals surface area contributed by atoms with E-state index in [1.54, 1.807) is 0 Å². The predicted octanol–water partition coefficient (Wildman–Crippen LogP) is 8.28. The molecule has 0 N–H and O–H groups in total. The van der Waals surface area contributed by atoms with Crippen molar-refractivity contribution in [3.63, 3.8) is 0 Å². The van der Waals surface area contributed by atoms with Gasteiger partial charge in [0.2, 0.25) is 0 Å². The van der Waals surface area contributed by atoms with Crippen LogP contribution in [-0.4, -0.2) is 0 Å². The summed E-state index contributed by atoms with van der Waals surface area (Å²) < 4.78 is 66.8. The van der Waals surface area contributed by atoms with Gasteiger partial charge in [0.25, 0.3) is 0 Å². The lowest BCUT2D eigenvalue weighted by Crippen LogP contribution is -2.41. The van der Waals surface area contributed by atoms with E-state index in [1.165, 1.54) is 25.7 Å². The Bertz CT molecular complexity index is 757. The molecule has 3 saturated carbocycles. The van der Waals surface area contributed by atoms with E-state index in [1.807, 2.05) is 0 Å². The Hall–Kier alpha value is -1.39. The Morgan fingerprint density at radius 2 is 1.47 bits per heavy atom. The van der Waals surface area contributed by atoms with Gasteiger partial charge in [-0.15, -0.1) is 0 Å². The molecule has 4 rings (SSSR count). The van der Waals surface area contributed by atoms with Crippen molar-refractivity contribution in [2.24, 2.45) is 29.6 Å². The van der Waals surface area contributed by atoms with Gasteiger partial charge in [-0.05, 0) is 111 Å². The first-order valence-corrected chi connectivity index (χ1v) is 11.5. The number of halogens is 5. The molecule has 0 aliphatic heterocycles. The van der Waals surface area contributed by atoms with Gasteiger partial charge >= 0.3 is 6.18 Å². The average molecular weight is 427 g/mol. The lowest BCUT2D eigenvalue weighted by Gasteiger charge is -2.50. The summed E-state index contributed by atoms with van der Waals surface area (Å²) in [6.07, 6.45) is 9.58. The van der Waals surface area contributed by atoms with Crippen molar-refractivity contribution in [2.75, 3.05) is 0 Å². The third kappa shape index (κ3) is 4.31. The summed E-state index contributed by atoms with van der Waals surface area (Å²) >= 11 is 0. The van der Waals surface area contributed by atoms with Gasteiger partial charge in [0.15, 0.2) is 0 Å². The largest absolute Gasteiger partial charge is 0.422 e. The Balaban J connectivity index is 1.44. The third-order valence-corrected chi connectivity index (χ3v) is 8.04. The molecule has 1 aromatic rings. The van der Waals surface area contributed by atoms with E-state index in [4.69, 9.17) is 0 Å². The number of benzene rings is 1. The number of alkyl halides is 3. The normalized spacial score (nSPS) is 34.6. The van der Waals surface area contributed by atoms with E-state index in [2.05, 4.69) is 19.1 Å². The van der Waals surface area contributed by atoms with Gasteiger partial charge in [0.1, 0.15) is 17.2 Å². The molecule has 0 aromatic heterocycles. The van der Waals surface area contributed by atoms with Crippen molar-refractivity contribution in [3.8, 4) is 0 Å². The highest BCUT2D eigenvalue weighted by molar-refractivity contribution is 5.31. The van der Waals surface area contributed by atoms with E-state index in [0.29, 0.717) is 23.3 Å². The first-order chi connectivity index (χ1) is 14.3. The lowest BCUT2D eigenvalue weighted by molar-refractivity contribution is -0.142. The minimum atomic E-state index is -5.01. The van der Waals surface area contributed by atoms with Gasteiger partial charge in [-0.2, -0.15) is 13.2 Å². The fourth-order valence-corrected chi connectivity index (χ4v) is 6.74. The second kappa shape index (κ2) is 8.63. The summed E-state index contributed by atoms with van der Waals surface area (Å²) in [7, 11) is 0. The van der Waals surface area contributed by atoms with Crippen LogP contribution in [0.4, 0.5) is 22.0 Å². The number of hydrogen-bond donors (Lipinski definition) is 0. The Morgan fingerprint density at radius 1 is 0.867 bits per heavy atom. The number of fused-ring (bicyclic) bond motifs is 3. The zero-order valence-corrected chi connectivity index (χ0v) is 17.5. The maximum Gasteiger partial charge on any atom is 0.422 e. The van der Waals surface area contributed by atoms with Crippen LogP contribution in [0.3, 0.4) is 0 Å². The van der Waals surface area contributed by atoms with Crippen LogP contribution in [0, 0.1) is 41.2 Å². The van der Waals surface area contributed by atoms with E-state index < -0.39 is 23.4 Å². The summed E-state index contributed by atoms with van der Waals surface area (Å²) in [4.78, 5) is 0. The smallest absolute Gasteiger partial charge is 0.206 e. The summed E-state index contributed by atoms with van der Waals surface area (Å²) in [5.74, 6) is 0.418. The van der Waals surface area contributed by atoms with Crippen molar-refractivity contribution in [1.29, 1.82) is 0 Å². The highest BCUT2D eigenvalue weighted by Crippen LogP contribution is 2.55. The van der Waals surface area contributed by atoms with E-state index in [0.717, 1.165) is 56.1 Å². The lowest BCUT2D eigenvalue weighted by atomic mass is 9.55. The average Bonchev–Trinajstić information content (AvgIpc) is 2.69. The van der Waals surface area contributed by atoms with E-state index in [9.17, 15) is 22.0 Å². The van der Waals surface area contributed by atoms with E-state index in [-0.39, 0.29) is 5.92 Å². The standard InChI is InChI=1S/C25H31F5/c1-2-3-4-15-5-9-20-17(11-15)6-7-18-12-16(8-10-21(18)20)19-13-22(26)24(23(27)14-19)25(28,29)30/h3-4,13-18,20-21H,2,5-12H2,1H3/b4-3+. The fourth-order valence-electron chi connectivity index (χ4n) is 6.74. The molecular weight excluding hydrogens is 395 g/mol. The quantitative estimate of drug-likeness (QED) is 0.337. The summed E-state index contributed by atoms with van der Waals surface area (Å²) in [6, 6.07) is 1.85. The van der Waals surface area contributed by atoms with Gasteiger partial charge in [0.05, 0.1) is 0 Å². The molecule has 166 valence electrons. The van der Waals surface area contributed by atoms with Gasteiger partial charge < -0.3 is 0 Å². The van der Waals surface area contributed by atoms with Crippen LogP contribution in [0.1, 0.15) is 81.8 Å². The number of hydrogen-bond acceptors (Lipinski definition) is 0. The third-order valence-electron chi connectivity index (χ3n) is 8.04. The number of allylic oxidation sites excluding steroid dienone is 2. The molecule has 1 aromatic carbocycles. The summed E-state index contributed by atoms with van der Waals surface area (Å²) in [5, 5.41) is 0. The molecule has 0 nitrogen and oxygen atoms in total. The molecule has 3 fully saturated rings. The molecule has 3 aliphatic rings. The molecule has 5 heteroatoms. The van der Waals surface area contributed by atoms with Crippen molar-refractivity contribution < 1.29 is 22.0 Å². The predicted molar refractivity (Wildman–Crippen MR) is 108 cm³/mol. The molecule has 30 heavy (non-hydrogen) atoms. The highest BCUT2D eigenvalue weighted by Gasteiger charge is 2.45. The molecule has 6 atom stereocenters. The number of rotatable bonds is 3. The van der Waals surface area contributed by atoms with Gasteiger partial charge in [-0.3, -0.25) is 0 Å². The van der Waals surface area contributed by atoms with Crippen LogP contribution < -0.4 is 0 Å². The van der Waals surface area contributed by atoms with Crippen LogP contribution in [0.2, 0.25) is 0 Å². The molecule has 0 bridgehead atoms. The summed E-state index contributed by atoms with van der Waals surface area (Å²) in [5.41, 5.74) is -1.37.